The molecule has 0 aliphatic heterocycles. The van der Waals surface area contributed by atoms with Crippen molar-refractivity contribution in [3.63, 3.8) is 0 Å². The summed E-state index contributed by atoms with van der Waals surface area (Å²) in [5, 5.41) is 12.1. The summed E-state index contributed by atoms with van der Waals surface area (Å²) in [6, 6.07) is 9.44. The van der Waals surface area contributed by atoms with Crippen LogP contribution in [-0.4, -0.2) is 41.3 Å². The van der Waals surface area contributed by atoms with Gasteiger partial charge in [-0.15, -0.1) is 5.10 Å². The Morgan fingerprint density at radius 1 is 1.25 bits per heavy atom. The summed E-state index contributed by atoms with van der Waals surface area (Å²) in [6.45, 7) is 4.98. The fourth-order valence-corrected chi connectivity index (χ4v) is 4.21. The summed E-state index contributed by atoms with van der Waals surface area (Å²) in [5.74, 6) is 0.792. The summed E-state index contributed by atoms with van der Waals surface area (Å²) >= 11 is 3.69. The Bertz CT molecular complexity index is 1080. The number of nitrogens with zero attached hydrogens (tertiary/aromatic N) is 4. The van der Waals surface area contributed by atoms with E-state index in [1.165, 1.54) is 16.3 Å². The summed E-state index contributed by atoms with van der Waals surface area (Å²) in [5.41, 5.74) is 3.14. The quantitative estimate of drug-likeness (QED) is 0.529. The normalized spacial score (nSPS) is 11.8. The van der Waals surface area contributed by atoms with Crippen molar-refractivity contribution in [3.8, 4) is 17.0 Å². The molecule has 0 aliphatic rings. The van der Waals surface area contributed by atoms with Crippen molar-refractivity contribution in [3.05, 3.63) is 52.8 Å². The van der Waals surface area contributed by atoms with Crippen molar-refractivity contribution in [1.82, 2.24) is 20.0 Å². The van der Waals surface area contributed by atoms with E-state index in [-0.39, 0.29) is 11.6 Å². The molecule has 148 valence electrons. The molecule has 0 saturated heterocycles. The third-order valence-electron chi connectivity index (χ3n) is 4.16. The number of benzene rings is 1. The number of sulfone groups is 1. The maximum absolute atomic E-state index is 11.5. The molecule has 0 unspecified atom stereocenters. The SMILES string of the molecule is CC(C)c1cccc(-c2cnnc(OCCn3ccc(S(C)(=O)=O)n3)c2)c1Br. The molecule has 9 heteroatoms. The molecule has 0 amide bonds. The first-order valence-electron chi connectivity index (χ1n) is 8.73. The first-order valence-corrected chi connectivity index (χ1v) is 11.4. The molecule has 0 radical (unpaired) electrons. The average Bonchev–Trinajstić information content (AvgIpc) is 3.11. The first-order chi connectivity index (χ1) is 13.3. The fraction of sp³-hybridized carbons (Fsp3) is 0.316. The lowest BCUT2D eigenvalue weighted by Gasteiger charge is -2.13. The second kappa shape index (κ2) is 8.40. The summed E-state index contributed by atoms with van der Waals surface area (Å²) in [7, 11) is -3.31. The highest BCUT2D eigenvalue weighted by molar-refractivity contribution is 9.10. The van der Waals surface area contributed by atoms with Gasteiger partial charge in [0.15, 0.2) is 14.9 Å². The minimum Gasteiger partial charge on any atom is -0.475 e. The van der Waals surface area contributed by atoms with Gasteiger partial charge in [0.25, 0.3) is 0 Å². The highest BCUT2D eigenvalue weighted by Gasteiger charge is 2.13. The van der Waals surface area contributed by atoms with E-state index < -0.39 is 9.84 Å². The Balaban J connectivity index is 1.71. The Morgan fingerprint density at radius 3 is 2.71 bits per heavy atom. The van der Waals surface area contributed by atoms with Crippen molar-refractivity contribution in [2.45, 2.75) is 31.3 Å². The highest BCUT2D eigenvalue weighted by Crippen LogP contribution is 2.34. The molecule has 2 heterocycles. The zero-order valence-electron chi connectivity index (χ0n) is 15.8. The topological polar surface area (TPSA) is 87.0 Å². The first kappa shape index (κ1) is 20.5. The van der Waals surface area contributed by atoms with Crippen LogP contribution in [0.15, 0.2) is 52.2 Å². The minimum atomic E-state index is -3.31. The van der Waals surface area contributed by atoms with E-state index in [9.17, 15) is 8.42 Å². The lowest BCUT2D eigenvalue weighted by atomic mass is 9.98. The van der Waals surface area contributed by atoms with E-state index in [4.69, 9.17) is 4.74 Å². The van der Waals surface area contributed by atoms with Crippen molar-refractivity contribution >= 4 is 25.8 Å². The zero-order chi connectivity index (χ0) is 20.3. The average molecular weight is 465 g/mol. The number of ether oxygens (including phenoxy) is 1. The van der Waals surface area contributed by atoms with Crippen LogP contribution in [-0.2, 0) is 16.4 Å². The summed E-state index contributed by atoms with van der Waals surface area (Å²) < 4.78 is 31.2. The molecule has 0 atom stereocenters. The number of hydrogen-bond donors (Lipinski definition) is 0. The van der Waals surface area contributed by atoms with Crippen molar-refractivity contribution in [1.29, 1.82) is 0 Å². The van der Waals surface area contributed by atoms with Gasteiger partial charge in [0, 0.05) is 28.6 Å². The molecule has 2 aromatic heterocycles. The maximum Gasteiger partial charge on any atom is 0.234 e. The molecule has 0 spiro atoms. The van der Waals surface area contributed by atoms with Gasteiger partial charge in [0.05, 0.1) is 12.7 Å². The fourth-order valence-electron chi connectivity index (χ4n) is 2.69. The third kappa shape index (κ3) is 4.77. The van der Waals surface area contributed by atoms with Gasteiger partial charge in [-0.25, -0.2) is 8.42 Å². The van der Waals surface area contributed by atoms with E-state index in [1.54, 1.807) is 12.4 Å². The summed E-state index contributed by atoms with van der Waals surface area (Å²) in [4.78, 5) is 0. The molecule has 28 heavy (non-hydrogen) atoms. The van der Waals surface area contributed by atoms with Crippen molar-refractivity contribution < 1.29 is 13.2 Å². The Labute approximate surface area is 172 Å². The van der Waals surface area contributed by atoms with Crippen LogP contribution in [0.4, 0.5) is 0 Å². The second-order valence-corrected chi connectivity index (χ2v) is 9.44. The Kier molecular flexibility index (Phi) is 6.14. The van der Waals surface area contributed by atoms with Gasteiger partial charge in [-0.1, -0.05) is 32.0 Å². The van der Waals surface area contributed by atoms with E-state index in [2.05, 4.69) is 51.1 Å². The Morgan fingerprint density at radius 2 is 2.04 bits per heavy atom. The largest absolute Gasteiger partial charge is 0.475 e. The predicted molar refractivity (Wildman–Crippen MR) is 110 cm³/mol. The van der Waals surface area contributed by atoms with Gasteiger partial charge in [-0.05, 0) is 39.0 Å². The van der Waals surface area contributed by atoms with Gasteiger partial charge >= 0.3 is 0 Å². The number of hydrogen-bond acceptors (Lipinski definition) is 6. The summed E-state index contributed by atoms with van der Waals surface area (Å²) in [6.07, 6.45) is 4.43. The van der Waals surface area contributed by atoms with Crippen LogP contribution >= 0.6 is 15.9 Å². The van der Waals surface area contributed by atoms with E-state index in [0.29, 0.717) is 18.3 Å². The van der Waals surface area contributed by atoms with Crippen LogP contribution in [0, 0.1) is 0 Å². The lowest BCUT2D eigenvalue weighted by molar-refractivity contribution is 0.277. The zero-order valence-corrected chi connectivity index (χ0v) is 18.2. The van der Waals surface area contributed by atoms with Crippen molar-refractivity contribution in [2.75, 3.05) is 12.9 Å². The molecule has 0 saturated carbocycles. The molecule has 3 aromatic rings. The van der Waals surface area contributed by atoms with Gasteiger partial charge < -0.3 is 4.74 Å². The third-order valence-corrected chi connectivity index (χ3v) is 6.02. The van der Waals surface area contributed by atoms with Crippen LogP contribution in [0.1, 0.15) is 25.3 Å². The standard InChI is InChI=1S/C19H21BrN4O3S/c1-13(2)15-5-4-6-16(19(15)20)14-11-17(22-21-12-14)27-10-9-24-8-7-18(23-24)28(3,25)26/h4-8,11-13H,9-10H2,1-3H3. The van der Waals surface area contributed by atoms with Crippen LogP contribution in [0.25, 0.3) is 11.1 Å². The van der Waals surface area contributed by atoms with Crippen LogP contribution < -0.4 is 4.74 Å². The van der Waals surface area contributed by atoms with Gasteiger partial charge in [-0.2, -0.15) is 10.2 Å². The van der Waals surface area contributed by atoms with E-state index in [0.717, 1.165) is 21.9 Å². The lowest BCUT2D eigenvalue weighted by Crippen LogP contribution is -2.10. The predicted octanol–water partition coefficient (Wildman–Crippen LogP) is 3.71. The monoisotopic (exact) mass is 464 g/mol. The van der Waals surface area contributed by atoms with Crippen LogP contribution in [0.3, 0.4) is 0 Å². The number of halogens is 1. The van der Waals surface area contributed by atoms with E-state index in [1.807, 2.05) is 18.2 Å². The maximum atomic E-state index is 11.5. The van der Waals surface area contributed by atoms with E-state index >= 15 is 0 Å². The molecular formula is C19H21BrN4O3S. The van der Waals surface area contributed by atoms with Gasteiger partial charge in [0.2, 0.25) is 5.88 Å². The van der Waals surface area contributed by atoms with Gasteiger partial charge in [-0.3, -0.25) is 4.68 Å². The number of aromatic nitrogens is 4. The smallest absolute Gasteiger partial charge is 0.234 e. The Hall–Kier alpha value is -2.26. The molecule has 3 rings (SSSR count). The molecule has 7 nitrogen and oxygen atoms in total. The van der Waals surface area contributed by atoms with Crippen LogP contribution in [0.5, 0.6) is 5.88 Å². The van der Waals surface area contributed by atoms with Crippen molar-refractivity contribution in [2.24, 2.45) is 0 Å². The number of rotatable bonds is 7. The minimum absolute atomic E-state index is 0.0455. The van der Waals surface area contributed by atoms with Gasteiger partial charge in [0.1, 0.15) is 6.61 Å². The highest BCUT2D eigenvalue weighted by atomic mass is 79.9. The molecule has 0 aliphatic carbocycles. The second-order valence-electron chi connectivity index (χ2n) is 6.68. The molecule has 0 bridgehead atoms. The molecule has 0 fully saturated rings. The molecular weight excluding hydrogens is 444 g/mol. The van der Waals surface area contributed by atoms with Crippen LogP contribution in [0.2, 0.25) is 0 Å². The molecule has 1 aromatic carbocycles. The molecule has 0 N–H and O–H groups in total.